The van der Waals surface area contributed by atoms with Crippen molar-refractivity contribution >= 4 is 11.9 Å². The predicted molar refractivity (Wildman–Crippen MR) is 110 cm³/mol. The van der Waals surface area contributed by atoms with Gasteiger partial charge in [0.05, 0.1) is 19.3 Å². The van der Waals surface area contributed by atoms with Crippen LogP contribution in [0, 0.1) is 0 Å². The number of hydrogen-bond acceptors (Lipinski definition) is 8. The smallest absolute Gasteiger partial charge is 0.231 e. The second kappa shape index (κ2) is 8.42. The molecule has 150 valence electrons. The molecule has 1 aliphatic rings. The average molecular weight is 393 g/mol. The van der Waals surface area contributed by atoms with Gasteiger partial charge in [0.1, 0.15) is 5.75 Å². The minimum atomic E-state index is -0.157. The highest BCUT2D eigenvalue weighted by atomic mass is 16.3. The molecule has 1 atom stereocenters. The number of phenols is 1. The molecule has 1 aliphatic heterocycles. The number of fused-ring (bicyclic) bond motifs is 1. The van der Waals surface area contributed by atoms with E-state index in [1.54, 1.807) is 18.2 Å². The molecule has 0 saturated heterocycles. The lowest BCUT2D eigenvalue weighted by atomic mass is 9.94. The number of hydrogen-bond donors (Lipinski definition) is 4. The van der Waals surface area contributed by atoms with Crippen LogP contribution < -0.4 is 10.2 Å². The topological polar surface area (TPSA) is 115 Å². The van der Waals surface area contributed by atoms with Crippen molar-refractivity contribution in [3.8, 4) is 17.1 Å². The number of nitrogens with zero attached hydrogens (tertiary/aromatic N) is 4. The van der Waals surface area contributed by atoms with E-state index in [2.05, 4.69) is 32.4 Å². The Labute approximate surface area is 168 Å². The molecule has 1 aromatic heterocycles. The Morgan fingerprint density at radius 1 is 1.00 bits per heavy atom. The number of aromatic hydroxyl groups is 1. The fraction of sp³-hybridized carbons (Fsp3) is 0.286. The first-order valence-electron chi connectivity index (χ1n) is 9.52. The Balaban J connectivity index is 1.76. The molecule has 8 nitrogen and oxygen atoms in total. The van der Waals surface area contributed by atoms with E-state index >= 15 is 0 Å². The van der Waals surface area contributed by atoms with Crippen LogP contribution in [0.2, 0.25) is 0 Å². The predicted octanol–water partition coefficient (Wildman–Crippen LogP) is 1.57. The Bertz CT molecular complexity index is 998. The van der Waals surface area contributed by atoms with Gasteiger partial charge in [-0.1, -0.05) is 36.4 Å². The molecule has 0 spiro atoms. The van der Waals surface area contributed by atoms with Gasteiger partial charge in [0.2, 0.25) is 11.9 Å². The molecule has 0 amide bonds. The zero-order valence-electron chi connectivity index (χ0n) is 15.9. The minimum absolute atomic E-state index is 0.0269. The van der Waals surface area contributed by atoms with Gasteiger partial charge >= 0.3 is 0 Å². The van der Waals surface area contributed by atoms with Crippen molar-refractivity contribution in [2.45, 2.75) is 19.0 Å². The van der Waals surface area contributed by atoms with Crippen LogP contribution in [0.5, 0.6) is 5.75 Å². The van der Waals surface area contributed by atoms with Crippen LogP contribution in [0.4, 0.5) is 11.9 Å². The summed E-state index contributed by atoms with van der Waals surface area (Å²) in [7, 11) is 0. The van der Waals surface area contributed by atoms with Gasteiger partial charge in [-0.15, -0.1) is 0 Å². The van der Waals surface area contributed by atoms with E-state index in [1.165, 1.54) is 11.1 Å². The molecule has 2 aromatic carbocycles. The van der Waals surface area contributed by atoms with E-state index in [1.807, 2.05) is 23.1 Å². The normalized spacial score (nSPS) is 15.8. The summed E-state index contributed by atoms with van der Waals surface area (Å²) in [5.74, 6) is 1.29. The lowest BCUT2D eigenvalue weighted by molar-refractivity contribution is 0.252. The Hall–Kier alpha value is -3.23. The quantitative estimate of drug-likeness (QED) is 0.499. The highest BCUT2D eigenvalue weighted by Gasteiger charge is 2.28. The van der Waals surface area contributed by atoms with Crippen LogP contribution in [0.25, 0.3) is 11.4 Å². The van der Waals surface area contributed by atoms with Crippen molar-refractivity contribution < 1.29 is 15.3 Å². The summed E-state index contributed by atoms with van der Waals surface area (Å²) in [6.45, 7) is 0.791. The van der Waals surface area contributed by atoms with Gasteiger partial charge in [0.15, 0.2) is 5.82 Å². The number of aliphatic hydroxyl groups excluding tert-OH is 2. The average Bonchev–Trinajstić information content (AvgIpc) is 2.76. The van der Waals surface area contributed by atoms with Gasteiger partial charge in [-0.05, 0) is 29.7 Å². The van der Waals surface area contributed by atoms with E-state index in [4.69, 9.17) is 5.11 Å². The van der Waals surface area contributed by atoms with Gasteiger partial charge in [0, 0.05) is 18.7 Å². The first kappa shape index (κ1) is 19.1. The number of nitrogens with one attached hydrogen (secondary N) is 1. The van der Waals surface area contributed by atoms with Crippen LogP contribution in [-0.2, 0) is 13.0 Å². The van der Waals surface area contributed by atoms with E-state index in [9.17, 15) is 10.2 Å². The van der Waals surface area contributed by atoms with Crippen LogP contribution in [0.15, 0.2) is 48.5 Å². The van der Waals surface area contributed by atoms with E-state index in [-0.39, 0.29) is 25.0 Å². The molecule has 0 aliphatic carbocycles. The number of phenolic OH excluding ortho intramolecular Hbond substituents is 1. The lowest BCUT2D eigenvalue weighted by Crippen LogP contribution is -2.44. The van der Waals surface area contributed by atoms with Gasteiger partial charge in [-0.25, -0.2) is 0 Å². The second-order valence-electron chi connectivity index (χ2n) is 6.92. The Kier molecular flexibility index (Phi) is 5.55. The van der Waals surface area contributed by atoms with Crippen LogP contribution in [-0.4, -0.2) is 56.1 Å². The fourth-order valence-corrected chi connectivity index (χ4v) is 3.50. The highest BCUT2D eigenvalue weighted by molar-refractivity contribution is 5.60. The molecule has 4 N–H and O–H groups in total. The molecule has 0 radical (unpaired) electrons. The van der Waals surface area contributed by atoms with Gasteiger partial charge in [0.25, 0.3) is 0 Å². The number of aliphatic hydroxyl groups is 2. The largest absolute Gasteiger partial charge is 0.508 e. The molecule has 0 bridgehead atoms. The third kappa shape index (κ3) is 4.13. The standard InChI is InChI=1S/C21H23N5O3/c27-9-8-22-20-23-19(15-6-3-7-18(29)11-15)24-21(25-20)26-12-16-5-2-1-4-14(16)10-17(26)13-28/h1-7,11,17,27-29H,8-10,12-13H2,(H,22,23,24,25)/t17-/m1/s1. The molecule has 0 fully saturated rings. The fourth-order valence-electron chi connectivity index (χ4n) is 3.50. The number of benzene rings is 2. The third-order valence-electron chi connectivity index (χ3n) is 4.95. The summed E-state index contributed by atoms with van der Waals surface area (Å²) >= 11 is 0. The molecule has 4 rings (SSSR count). The van der Waals surface area contributed by atoms with Crippen molar-refractivity contribution in [2.24, 2.45) is 0 Å². The summed E-state index contributed by atoms with van der Waals surface area (Å²) in [4.78, 5) is 15.5. The first-order chi connectivity index (χ1) is 14.2. The van der Waals surface area contributed by atoms with Crippen molar-refractivity contribution in [3.63, 3.8) is 0 Å². The molecule has 2 heterocycles. The molecule has 8 heteroatoms. The van der Waals surface area contributed by atoms with Crippen molar-refractivity contribution in [1.29, 1.82) is 0 Å². The van der Waals surface area contributed by atoms with Crippen molar-refractivity contribution in [2.75, 3.05) is 30.0 Å². The lowest BCUT2D eigenvalue weighted by Gasteiger charge is -2.36. The second-order valence-corrected chi connectivity index (χ2v) is 6.92. The van der Waals surface area contributed by atoms with E-state index in [0.29, 0.717) is 42.8 Å². The summed E-state index contributed by atoms with van der Waals surface area (Å²) in [6, 6.07) is 14.7. The van der Waals surface area contributed by atoms with Crippen LogP contribution >= 0.6 is 0 Å². The number of aromatic nitrogens is 3. The third-order valence-corrected chi connectivity index (χ3v) is 4.95. The maximum atomic E-state index is 9.99. The summed E-state index contributed by atoms with van der Waals surface area (Å²) in [5, 5.41) is 32.0. The molecular formula is C21H23N5O3. The van der Waals surface area contributed by atoms with Crippen molar-refractivity contribution in [1.82, 2.24) is 15.0 Å². The first-order valence-corrected chi connectivity index (χ1v) is 9.52. The van der Waals surface area contributed by atoms with Crippen LogP contribution in [0.3, 0.4) is 0 Å². The monoisotopic (exact) mass is 393 g/mol. The van der Waals surface area contributed by atoms with Crippen molar-refractivity contribution in [3.05, 3.63) is 59.7 Å². The summed E-state index contributed by atoms with van der Waals surface area (Å²) in [5.41, 5.74) is 3.03. The van der Waals surface area contributed by atoms with Gasteiger partial charge in [-0.2, -0.15) is 15.0 Å². The molecule has 0 unspecified atom stereocenters. The molecule has 0 saturated carbocycles. The molecule has 29 heavy (non-hydrogen) atoms. The van der Waals surface area contributed by atoms with Gasteiger partial charge in [-0.3, -0.25) is 0 Å². The minimum Gasteiger partial charge on any atom is -0.508 e. The molecule has 3 aromatic rings. The summed E-state index contributed by atoms with van der Waals surface area (Å²) in [6.07, 6.45) is 0.694. The number of anilines is 2. The maximum Gasteiger partial charge on any atom is 0.231 e. The zero-order chi connectivity index (χ0) is 20.2. The maximum absolute atomic E-state index is 9.99. The number of rotatable bonds is 6. The molecular weight excluding hydrogens is 370 g/mol. The van der Waals surface area contributed by atoms with E-state index < -0.39 is 0 Å². The SMILES string of the molecule is OCCNc1nc(-c2cccc(O)c2)nc(N2Cc3ccccc3C[C@@H]2CO)n1. The van der Waals surface area contributed by atoms with Crippen LogP contribution in [0.1, 0.15) is 11.1 Å². The van der Waals surface area contributed by atoms with E-state index in [0.717, 1.165) is 0 Å². The Morgan fingerprint density at radius 2 is 1.83 bits per heavy atom. The Morgan fingerprint density at radius 3 is 2.59 bits per heavy atom. The highest BCUT2D eigenvalue weighted by Crippen LogP contribution is 2.29. The van der Waals surface area contributed by atoms with Gasteiger partial charge < -0.3 is 25.5 Å². The summed E-state index contributed by atoms with van der Waals surface area (Å²) < 4.78 is 0. The zero-order valence-corrected chi connectivity index (χ0v) is 15.9.